The molecule has 20 heavy (non-hydrogen) atoms. The number of nitrogens with zero attached hydrogens (tertiary/aromatic N) is 1. The van der Waals surface area contributed by atoms with Gasteiger partial charge in [0.2, 0.25) is 0 Å². The van der Waals surface area contributed by atoms with Crippen LogP contribution in [0.25, 0.3) is 0 Å². The number of carbonyl (C=O) groups is 1. The molecule has 0 saturated carbocycles. The lowest BCUT2D eigenvalue weighted by Crippen LogP contribution is -2.17. The van der Waals surface area contributed by atoms with E-state index in [4.69, 9.17) is 5.11 Å². The van der Waals surface area contributed by atoms with Crippen LogP contribution in [0.3, 0.4) is 0 Å². The Morgan fingerprint density at radius 3 is 2.35 bits per heavy atom. The van der Waals surface area contributed by atoms with Gasteiger partial charge in [-0.25, -0.2) is 13.6 Å². The highest BCUT2D eigenvalue weighted by molar-refractivity contribution is 5.88. The molecule has 0 unspecified atom stereocenters. The third-order valence-electron chi connectivity index (χ3n) is 2.96. The van der Waals surface area contributed by atoms with Crippen molar-refractivity contribution in [2.24, 2.45) is 0 Å². The number of aromatic carboxylic acids is 1. The van der Waals surface area contributed by atoms with E-state index in [9.17, 15) is 13.6 Å². The maximum Gasteiger partial charge on any atom is 0.338 e. The summed E-state index contributed by atoms with van der Waals surface area (Å²) in [6.07, 6.45) is 0. The fourth-order valence-electron chi connectivity index (χ4n) is 1.87. The Balaban J connectivity index is 2.17. The van der Waals surface area contributed by atoms with Crippen molar-refractivity contribution in [2.75, 3.05) is 11.9 Å². The molecule has 2 aromatic rings. The first kappa shape index (κ1) is 14.0. The highest BCUT2D eigenvalue weighted by Gasteiger charge is 2.12. The van der Waals surface area contributed by atoms with E-state index < -0.39 is 11.8 Å². The standard InChI is InChI=1S/C15H13F2NO2/c1-18(9-10-2-4-11(16)5-3-10)12-6-7-13(15(19)20)14(17)8-12/h2-8H,9H2,1H3,(H,19,20). The average molecular weight is 277 g/mol. The lowest BCUT2D eigenvalue weighted by molar-refractivity contribution is 0.0692. The summed E-state index contributed by atoms with van der Waals surface area (Å²) in [5, 5.41) is 8.77. The topological polar surface area (TPSA) is 40.5 Å². The molecule has 0 fully saturated rings. The summed E-state index contributed by atoms with van der Waals surface area (Å²) in [6.45, 7) is 0.464. The third-order valence-corrected chi connectivity index (χ3v) is 2.96. The Morgan fingerprint density at radius 1 is 1.15 bits per heavy atom. The van der Waals surface area contributed by atoms with Crippen LogP contribution < -0.4 is 4.90 Å². The summed E-state index contributed by atoms with van der Waals surface area (Å²) < 4.78 is 26.4. The van der Waals surface area contributed by atoms with E-state index >= 15 is 0 Å². The number of benzene rings is 2. The predicted molar refractivity (Wildman–Crippen MR) is 71.9 cm³/mol. The van der Waals surface area contributed by atoms with Crippen molar-refractivity contribution < 1.29 is 18.7 Å². The molecular formula is C15H13F2NO2. The summed E-state index contributed by atoms with van der Waals surface area (Å²) in [6, 6.07) is 9.95. The van der Waals surface area contributed by atoms with Gasteiger partial charge in [-0.05, 0) is 35.9 Å². The number of anilines is 1. The average Bonchev–Trinajstić information content (AvgIpc) is 2.40. The Morgan fingerprint density at radius 2 is 1.80 bits per heavy atom. The monoisotopic (exact) mass is 277 g/mol. The molecule has 0 amide bonds. The third kappa shape index (κ3) is 3.12. The molecule has 0 aliphatic carbocycles. The van der Waals surface area contributed by atoms with Gasteiger partial charge in [0.15, 0.2) is 0 Å². The molecule has 0 bridgehead atoms. The largest absolute Gasteiger partial charge is 0.478 e. The molecule has 0 atom stereocenters. The highest BCUT2D eigenvalue weighted by atomic mass is 19.1. The lowest BCUT2D eigenvalue weighted by Gasteiger charge is -2.19. The maximum absolute atomic E-state index is 13.6. The van der Waals surface area contributed by atoms with E-state index in [2.05, 4.69) is 0 Å². The van der Waals surface area contributed by atoms with Crippen LogP contribution in [-0.2, 0) is 6.54 Å². The summed E-state index contributed by atoms with van der Waals surface area (Å²) in [5.41, 5.74) is 1.07. The smallest absolute Gasteiger partial charge is 0.338 e. The Hall–Kier alpha value is -2.43. The van der Waals surface area contributed by atoms with Crippen LogP contribution in [0.4, 0.5) is 14.5 Å². The second-order valence-electron chi connectivity index (χ2n) is 4.45. The van der Waals surface area contributed by atoms with Gasteiger partial charge in [0.1, 0.15) is 11.6 Å². The number of carboxylic acids is 1. The van der Waals surface area contributed by atoms with Crippen molar-refractivity contribution in [3.05, 3.63) is 65.2 Å². The van der Waals surface area contributed by atoms with E-state index in [1.165, 1.54) is 30.3 Å². The summed E-state index contributed by atoms with van der Waals surface area (Å²) >= 11 is 0. The zero-order valence-corrected chi connectivity index (χ0v) is 10.8. The minimum absolute atomic E-state index is 0.312. The van der Waals surface area contributed by atoms with Crippen molar-refractivity contribution in [1.29, 1.82) is 0 Å². The van der Waals surface area contributed by atoms with Gasteiger partial charge in [-0.15, -0.1) is 0 Å². The van der Waals surface area contributed by atoms with Crippen LogP contribution in [0.1, 0.15) is 15.9 Å². The normalized spacial score (nSPS) is 10.3. The molecule has 3 nitrogen and oxygen atoms in total. The number of halogens is 2. The van der Waals surface area contributed by atoms with Gasteiger partial charge in [0, 0.05) is 19.3 Å². The molecule has 2 aromatic carbocycles. The Labute approximate surface area is 115 Å². The van der Waals surface area contributed by atoms with Crippen LogP contribution in [0, 0.1) is 11.6 Å². The summed E-state index contributed by atoms with van der Waals surface area (Å²) in [4.78, 5) is 12.5. The zero-order valence-electron chi connectivity index (χ0n) is 10.8. The second-order valence-corrected chi connectivity index (χ2v) is 4.45. The molecule has 0 spiro atoms. The molecule has 104 valence electrons. The molecule has 0 radical (unpaired) electrons. The molecule has 1 N–H and O–H groups in total. The molecule has 0 aliphatic heterocycles. The molecule has 0 heterocycles. The van der Waals surface area contributed by atoms with Gasteiger partial charge in [0.25, 0.3) is 0 Å². The fourth-order valence-corrected chi connectivity index (χ4v) is 1.87. The quantitative estimate of drug-likeness (QED) is 0.932. The Bertz CT molecular complexity index is 626. The van der Waals surface area contributed by atoms with Gasteiger partial charge >= 0.3 is 5.97 Å². The van der Waals surface area contributed by atoms with E-state index in [1.807, 2.05) is 0 Å². The molecular weight excluding hydrogens is 264 g/mol. The highest BCUT2D eigenvalue weighted by Crippen LogP contribution is 2.19. The first-order chi connectivity index (χ1) is 9.47. The fraction of sp³-hybridized carbons (Fsp3) is 0.133. The van der Waals surface area contributed by atoms with Crippen LogP contribution >= 0.6 is 0 Å². The molecule has 0 aliphatic rings. The van der Waals surface area contributed by atoms with Crippen LogP contribution in [-0.4, -0.2) is 18.1 Å². The van der Waals surface area contributed by atoms with E-state index in [1.54, 1.807) is 24.1 Å². The first-order valence-electron chi connectivity index (χ1n) is 5.96. The molecule has 5 heteroatoms. The number of hydrogen-bond acceptors (Lipinski definition) is 2. The van der Waals surface area contributed by atoms with Crippen molar-refractivity contribution in [3.8, 4) is 0 Å². The van der Waals surface area contributed by atoms with E-state index in [0.29, 0.717) is 12.2 Å². The predicted octanol–water partition coefficient (Wildman–Crippen LogP) is 3.30. The van der Waals surface area contributed by atoms with E-state index in [0.717, 1.165) is 5.56 Å². The van der Waals surface area contributed by atoms with Crippen LogP contribution in [0.15, 0.2) is 42.5 Å². The Kier molecular flexibility index (Phi) is 3.98. The van der Waals surface area contributed by atoms with Crippen molar-refractivity contribution in [2.45, 2.75) is 6.54 Å². The molecule has 0 aromatic heterocycles. The maximum atomic E-state index is 13.6. The van der Waals surface area contributed by atoms with Gasteiger partial charge in [-0.1, -0.05) is 12.1 Å². The minimum Gasteiger partial charge on any atom is -0.478 e. The van der Waals surface area contributed by atoms with Crippen LogP contribution in [0.2, 0.25) is 0 Å². The van der Waals surface area contributed by atoms with Gasteiger partial charge in [0.05, 0.1) is 5.56 Å². The van der Waals surface area contributed by atoms with Crippen molar-refractivity contribution in [1.82, 2.24) is 0 Å². The number of rotatable bonds is 4. The number of hydrogen-bond donors (Lipinski definition) is 1. The SMILES string of the molecule is CN(Cc1ccc(F)cc1)c1ccc(C(=O)O)c(F)c1. The zero-order chi connectivity index (χ0) is 14.7. The second kappa shape index (κ2) is 5.69. The van der Waals surface area contributed by atoms with Crippen LogP contribution in [0.5, 0.6) is 0 Å². The number of carboxylic acid groups (broad SMARTS) is 1. The molecule has 2 rings (SSSR count). The summed E-state index contributed by atoms with van der Waals surface area (Å²) in [7, 11) is 1.75. The van der Waals surface area contributed by atoms with Gasteiger partial charge in [-0.3, -0.25) is 0 Å². The van der Waals surface area contributed by atoms with Gasteiger partial charge in [-0.2, -0.15) is 0 Å². The van der Waals surface area contributed by atoms with Crippen molar-refractivity contribution >= 4 is 11.7 Å². The lowest BCUT2D eigenvalue weighted by atomic mass is 10.1. The van der Waals surface area contributed by atoms with E-state index in [-0.39, 0.29) is 11.4 Å². The summed E-state index contributed by atoms with van der Waals surface area (Å²) in [5.74, 6) is -2.38. The first-order valence-corrected chi connectivity index (χ1v) is 5.96. The minimum atomic E-state index is -1.30. The molecule has 0 saturated heterocycles. The van der Waals surface area contributed by atoms with Crippen molar-refractivity contribution in [3.63, 3.8) is 0 Å². The van der Waals surface area contributed by atoms with Gasteiger partial charge < -0.3 is 10.0 Å².